The third kappa shape index (κ3) is 3.90. The Kier molecular flexibility index (Phi) is 5.96. The molecule has 7 heteroatoms. The Morgan fingerprint density at radius 2 is 1.87 bits per heavy atom. The van der Waals surface area contributed by atoms with E-state index in [0.717, 1.165) is 29.5 Å². The van der Waals surface area contributed by atoms with Crippen LogP contribution in [-0.2, 0) is 6.54 Å². The van der Waals surface area contributed by atoms with Gasteiger partial charge in [0.25, 0.3) is 5.56 Å². The Labute approximate surface area is 185 Å². The van der Waals surface area contributed by atoms with Crippen molar-refractivity contribution in [1.82, 2.24) is 19.2 Å². The number of ketones is 1. The van der Waals surface area contributed by atoms with Crippen molar-refractivity contribution in [3.05, 3.63) is 69.5 Å². The second kappa shape index (κ2) is 8.67. The van der Waals surface area contributed by atoms with Gasteiger partial charge in [-0.2, -0.15) is 0 Å². The number of carbonyl (C=O) groups is 1. The molecule has 31 heavy (non-hydrogen) atoms. The second-order valence-electron chi connectivity index (χ2n) is 7.87. The Hall–Kier alpha value is -2.93. The Morgan fingerprint density at radius 3 is 2.61 bits per heavy atom. The van der Waals surface area contributed by atoms with Crippen molar-refractivity contribution < 1.29 is 4.79 Å². The number of aryl methyl sites for hydroxylation is 3. The fraction of sp³-hybridized carbons (Fsp3) is 0.333. The van der Waals surface area contributed by atoms with E-state index in [2.05, 4.69) is 17.1 Å². The van der Waals surface area contributed by atoms with E-state index >= 15 is 0 Å². The average molecular weight is 435 g/mol. The van der Waals surface area contributed by atoms with E-state index < -0.39 is 0 Å². The molecule has 1 unspecified atom stereocenters. The maximum Gasteiger partial charge on any atom is 0.262 e. The predicted octanol–water partition coefficient (Wildman–Crippen LogP) is 4.82. The summed E-state index contributed by atoms with van der Waals surface area (Å²) in [5.74, 6) is 0.568. The number of hydrogen-bond acceptors (Lipinski definition) is 5. The lowest BCUT2D eigenvalue weighted by Crippen LogP contribution is -2.23. The summed E-state index contributed by atoms with van der Waals surface area (Å²) < 4.78 is 3.60. The van der Waals surface area contributed by atoms with Gasteiger partial charge in [-0.15, -0.1) is 10.2 Å². The van der Waals surface area contributed by atoms with Gasteiger partial charge in [0.1, 0.15) is 0 Å². The third-order valence-electron chi connectivity index (χ3n) is 5.66. The monoisotopic (exact) mass is 434 g/mol. The standard InChI is InChI=1S/C24H26N4O2S/c1-5-6-13-27-22(30)19-9-7-8-10-20(19)28-23(27)25-26-24(28)31-17(4)21(29)18-12-11-15(2)16(3)14-18/h7-12,14,17H,5-6,13H2,1-4H3. The first-order chi connectivity index (χ1) is 14.9. The molecule has 0 aliphatic heterocycles. The number of fused-ring (bicyclic) bond motifs is 3. The maximum absolute atomic E-state index is 13.1. The van der Waals surface area contributed by atoms with Crippen molar-refractivity contribution in [1.29, 1.82) is 0 Å². The molecule has 0 aliphatic carbocycles. The molecule has 4 rings (SSSR count). The Bertz CT molecular complexity index is 1340. The number of Topliss-reactive ketones (excluding diaryl/α,β-unsaturated/α-hetero) is 1. The number of carbonyl (C=O) groups excluding carboxylic acids is 1. The molecule has 0 saturated heterocycles. The third-order valence-corrected chi connectivity index (χ3v) is 6.70. The summed E-state index contributed by atoms with van der Waals surface area (Å²) in [7, 11) is 0. The van der Waals surface area contributed by atoms with Gasteiger partial charge in [0.2, 0.25) is 5.78 Å². The number of nitrogens with zero attached hydrogens (tertiary/aromatic N) is 4. The van der Waals surface area contributed by atoms with E-state index in [9.17, 15) is 9.59 Å². The zero-order chi connectivity index (χ0) is 22.1. The van der Waals surface area contributed by atoms with Crippen molar-refractivity contribution in [2.45, 2.75) is 57.5 Å². The van der Waals surface area contributed by atoms with E-state index in [1.807, 2.05) is 67.6 Å². The molecule has 0 bridgehead atoms. The zero-order valence-corrected chi connectivity index (χ0v) is 19.1. The van der Waals surface area contributed by atoms with Crippen LogP contribution >= 0.6 is 11.8 Å². The van der Waals surface area contributed by atoms with Crippen LogP contribution in [0.3, 0.4) is 0 Å². The minimum Gasteiger partial charge on any atom is -0.293 e. The highest BCUT2D eigenvalue weighted by Gasteiger charge is 2.22. The van der Waals surface area contributed by atoms with Gasteiger partial charge in [0.05, 0.1) is 16.2 Å². The fourth-order valence-corrected chi connectivity index (χ4v) is 4.60. The molecule has 0 amide bonds. The van der Waals surface area contributed by atoms with Crippen molar-refractivity contribution >= 4 is 34.2 Å². The van der Waals surface area contributed by atoms with Gasteiger partial charge in [-0.25, -0.2) is 0 Å². The molecule has 0 N–H and O–H groups in total. The lowest BCUT2D eigenvalue weighted by Gasteiger charge is -2.13. The van der Waals surface area contributed by atoms with Crippen LogP contribution in [-0.4, -0.2) is 30.2 Å². The first kappa shape index (κ1) is 21.3. The minimum atomic E-state index is -0.343. The van der Waals surface area contributed by atoms with Crippen LogP contribution in [0.2, 0.25) is 0 Å². The lowest BCUT2D eigenvalue weighted by molar-refractivity contribution is 0.0993. The van der Waals surface area contributed by atoms with E-state index in [0.29, 0.717) is 28.4 Å². The van der Waals surface area contributed by atoms with Crippen LogP contribution in [0.25, 0.3) is 16.7 Å². The van der Waals surface area contributed by atoms with Gasteiger partial charge in [0.15, 0.2) is 10.9 Å². The van der Waals surface area contributed by atoms with Crippen LogP contribution in [0.5, 0.6) is 0 Å². The zero-order valence-electron chi connectivity index (χ0n) is 18.3. The molecule has 0 fully saturated rings. The molecular weight excluding hydrogens is 408 g/mol. The van der Waals surface area contributed by atoms with Crippen LogP contribution in [0.15, 0.2) is 52.4 Å². The van der Waals surface area contributed by atoms with E-state index in [4.69, 9.17) is 0 Å². The Balaban J connectivity index is 1.77. The molecule has 0 spiro atoms. The minimum absolute atomic E-state index is 0.0495. The molecule has 2 aromatic heterocycles. The van der Waals surface area contributed by atoms with Gasteiger partial charge >= 0.3 is 0 Å². The topological polar surface area (TPSA) is 69.3 Å². The quantitative estimate of drug-likeness (QED) is 0.308. The van der Waals surface area contributed by atoms with Gasteiger partial charge in [-0.3, -0.25) is 18.6 Å². The summed E-state index contributed by atoms with van der Waals surface area (Å²) in [5, 5.41) is 9.60. The summed E-state index contributed by atoms with van der Waals surface area (Å²) in [4.78, 5) is 26.1. The maximum atomic E-state index is 13.1. The highest BCUT2D eigenvalue weighted by atomic mass is 32.2. The average Bonchev–Trinajstić information content (AvgIpc) is 3.18. The molecule has 2 aromatic carbocycles. The number of para-hydroxylation sites is 1. The Morgan fingerprint density at radius 1 is 1.10 bits per heavy atom. The number of rotatable bonds is 7. The summed E-state index contributed by atoms with van der Waals surface area (Å²) in [6.07, 6.45) is 1.85. The number of aromatic nitrogens is 4. The van der Waals surface area contributed by atoms with E-state index in [1.54, 1.807) is 4.57 Å². The molecule has 0 saturated carbocycles. The highest BCUT2D eigenvalue weighted by molar-refractivity contribution is 8.00. The number of thioether (sulfide) groups is 1. The SMILES string of the molecule is CCCCn1c(=O)c2ccccc2n2c(SC(C)C(=O)c3ccc(C)c(C)c3)nnc12. The smallest absolute Gasteiger partial charge is 0.262 e. The molecular formula is C24H26N4O2S. The van der Waals surface area contributed by atoms with Crippen LogP contribution in [0.4, 0.5) is 0 Å². The van der Waals surface area contributed by atoms with Crippen LogP contribution in [0, 0.1) is 13.8 Å². The van der Waals surface area contributed by atoms with E-state index in [1.165, 1.54) is 11.8 Å². The van der Waals surface area contributed by atoms with Crippen LogP contribution < -0.4 is 5.56 Å². The summed E-state index contributed by atoms with van der Waals surface area (Å²) in [6, 6.07) is 13.3. The number of hydrogen-bond donors (Lipinski definition) is 0. The summed E-state index contributed by atoms with van der Waals surface area (Å²) >= 11 is 1.37. The van der Waals surface area contributed by atoms with E-state index in [-0.39, 0.29) is 16.6 Å². The molecule has 6 nitrogen and oxygen atoms in total. The molecule has 4 aromatic rings. The summed E-state index contributed by atoms with van der Waals surface area (Å²) in [6.45, 7) is 8.61. The second-order valence-corrected chi connectivity index (χ2v) is 9.18. The van der Waals surface area contributed by atoms with Crippen LogP contribution in [0.1, 0.15) is 48.2 Å². The van der Waals surface area contributed by atoms with Crippen molar-refractivity contribution in [3.8, 4) is 0 Å². The van der Waals surface area contributed by atoms with Gasteiger partial charge in [-0.1, -0.05) is 49.4 Å². The lowest BCUT2D eigenvalue weighted by atomic mass is 10.0. The fourth-order valence-electron chi connectivity index (χ4n) is 3.67. The molecule has 0 aliphatic rings. The predicted molar refractivity (Wildman–Crippen MR) is 125 cm³/mol. The summed E-state index contributed by atoms with van der Waals surface area (Å²) in [5.41, 5.74) is 3.66. The van der Waals surface area contributed by atoms with Crippen molar-refractivity contribution in [2.24, 2.45) is 0 Å². The molecule has 2 heterocycles. The molecule has 160 valence electrons. The highest BCUT2D eigenvalue weighted by Crippen LogP contribution is 2.27. The van der Waals surface area contributed by atoms with Crippen molar-refractivity contribution in [3.63, 3.8) is 0 Å². The van der Waals surface area contributed by atoms with Gasteiger partial charge in [0, 0.05) is 12.1 Å². The van der Waals surface area contributed by atoms with Crippen molar-refractivity contribution in [2.75, 3.05) is 0 Å². The van der Waals surface area contributed by atoms with Gasteiger partial charge in [-0.05, 0) is 56.5 Å². The first-order valence-electron chi connectivity index (χ1n) is 10.6. The largest absolute Gasteiger partial charge is 0.293 e. The molecule has 1 atom stereocenters. The number of unbranched alkanes of at least 4 members (excludes halogenated alkanes) is 1. The first-order valence-corrected chi connectivity index (χ1v) is 11.4. The normalized spacial score (nSPS) is 12.5. The number of benzene rings is 2. The molecule has 0 radical (unpaired) electrons. The van der Waals surface area contributed by atoms with Gasteiger partial charge < -0.3 is 0 Å².